The molecule has 1 unspecified atom stereocenters. The van der Waals surface area contributed by atoms with Gasteiger partial charge in [-0.3, -0.25) is 9.69 Å². The fourth-order valence-corrected chi connectivity index (χ4v) is 2.43. The number of nitrogens with two attached hydrogens (primary N) is 1. The summed E-state index contributed by atoms with van der Waals surface area (Å²) < 4.78 is 0. The van der Waals surface area contributed by atoms with Gasteiger partial charge in [0.1, 0.15) is 0 Å². The van der Waals surface area contributed by atoms with Crippen LogP contribution in [0.5, 0.6) is 0 Å². The Hall–Kier alpha value is -0.610. The van der Waals surface area contributed by atoms with Gasteiger partial charge in [0.2, 0.25) is 5.91 Å². The van der Waals surface area contributed by atoms with Crippen molar-refractivity contribution in [3.05, 3.63) is 0 Å². The molecule has 1 fully saturated rings. The van der Waals surface area contributed by atoms with Gasteiger partial charge >= 0.3 is 0 Å². The topological polar surface area (TPSA) is 58.4 Å². The first kappa shape index (κ1) is 14.5. The molecule has 0 aromatic rings. The Morgan fingerprint density at radius 2 is 2.35 bits per heavy atom. The smallest absolute Gasteiger partial charge is 0.234 e. The van der Waals surface area contributed by atoms with E-state index < -0.39 is 0 Å². The minimum absolute atomic E-state index is 0.173. The Labute approximate surface area is 105 Å². The van der Waals surface area contributed by atoms with Crippen molar-refractivity contribution in [2.75, 3.05) is 32.7 Å². The number of rotatable bonds is 7. The molecule has 1 atom stereocenters. The summed E-state index contributed by atoms with van der Waals surface area (Å²) in [6, 6.07) is 0. The number of unbranched alkanes of at least 4 members (excludes halogenated alkanes) is 1. The van der Waals surface area contributed by atoms with E-state index in [0.717, 1.165) is 45.4 Å². The Bertz CT molecular complexity index is 219. The predicted molar refractivity (Wildman–Crippen MR) is 70.8 cm³/mol. The van der Waals surface area contributed by atoms with E-state index in [9.17, 15) is 4.79 Å². The fraction of sp³-hybridized carbons (Fsp3) is 0.923. The van der Waals surface area contributed by atoms with Gasteiger partial charge in [0, 0.05) is 13.1 Å². The molecular weight excluding hydrogens is 214 g/mol. The number of hydrogen-bond acceptors (Lipinski definition) is 3. The maximum Gasteiger partial charge on any atom is 0.234 e. The molecular formula is C13H27N3O. The van der Waals surface area contributed by atoms with Crippen molar-refractivity contribution >= 4 is 5.91 Å². The first-order valence-corrected chi connectivity index (χ1v) is 6.95. The molecule has 0 bridgehead atoms. The summed E-state index contributed by atoms with van der Waals surface area (Å²) in [5.41, 5.74) is 5.59. The van der Waals surface area contributed by atoms with Crippen molar-refractivity contribution in [2.24, 2.45) is 11.7 Å². The highest BCUT2D eigenvalue weighted by Gasteiger charge is 2.20. The summed E-state index contributed by atoms with van der Waals surface area (Å²) in [6.45, 7) is 6.37. The van der Waals surface area contributed by atoms with Gasteiger partial charge in [-0.25, -0.2) is 0 Å². The van der Waals surface area contributed by atoms with Crippen LogP contribution < -0.4 is 11.1 Å². The van der Waals surface area contributed by atoms with Crippen molar-refractivity contribution in [3.63, 3.8) is 0 Å². The maximum absolute atomic E-state index is 11.7. The lowest BCUT2D eigenvalue weighted by molar-refractivity contribution is -0.122. The van der Waals surface area contributed by atoms with Crippen LogP contribution in [0.2, 0.25) is 0 Å². The molecule has 0 aliphatic carbocycles. The van der Waals surface area contributed by atoms with Crippen LogP contribution in [-0.4, -0.2) is 43.5 Å². The zero-order chi connectivity index (χ0) is 12.5. The molecule has 3 N–H and O–H groups in total. The van der Waals surface area contributed by atoms with Crippen LogP contribution in [0.25, 0.3) is 0 Å². The zero-order valence-electron chi connectivity index (χ0n) is 11.1. The summed E-state index contributed by atoms with van der Waals surface area (Å²) in [4.78, 5) is 13.9. The van der Waals surface area contributed by atoms with Gasteiger partial charge in [-0.2, -0.15) is 0 Å². The molecule has 1 heterocycles. The molecule has 4 nitrogen and oxygen atoms in total. The average molecular weight is 241 g/mol. The number of likely N-dealkylation sites (tertiary alicyclic amines) is 1. The summed E-state index contributed by atoms with van der Waals surface area (Å²) in [5.74, 6) is 0.865. The Balaban J connectivity index is 2.18. The first-order valence-electron chi connectivity index (χ1n) is 6.95. The lowest BCUT2D eigenvalue weighted by atomic mass is 9.95. The van der Waals surface area contributed by atoms with Gasteiger partial charge in [0.25, 0.3) is 0 Å². The number of amides is 1. The second kappa shape index (κ2) is 8.48. The normalized spacial score (nSPS) is 21.4. The standard InChI is InChI=1S/C13H27N3O/c1-2-3-8-15-13(17)11-16-9-4-5-12(10-16)6-7-14/h12H,2-11,14H2,1H3,(H,15,17). The Morgan fingerprint density at radius 1 is 1.53 bits per heavy atom. The van der Waals surface area contributed by atoms with E-state index in [1.165, 1.54) is 12.8 Å². The lowest BCUT2D eigenvalue weighted by Crippen LogP contribution is -2.43. The molecule has 0 spiro atoms. The SMILES string of the molecule is CCCCNC(=O)CN1CCCC(CCN)C1. The number of nitrogens with one attached hydrogen (secondary N) is 1. The third-order valence-corrected chi connectivity index (χ3v) is 3.40. The number of carbonyl (C=O) groups excluding carboxylic acids is 1. The fourth-order valence-electron chi connectivity index (χ4n) is 2.43. The van der Waals surface area contributed by atoms with Crippen LogP contribution in [0.4, 0.5) is 0 Å². The highest BCUT2D eigenvalue weighted by Crippen LogP contribution is 2.18. The quantitative estimate of drug-likeness (QED) is 0.653. The molecule has 17 heavy (non-hydrogen) atoms. The van der Waals surface area contributed by atoms with Gasteiger partial charge in [-0.05, 0) is 44.7 Å². The Morgan fingerprint density at radius 3 is 3.06 bits per heavy atom. The van der Waals surface area contributed by atoms with Crippen LogP contribution >= 0.6 is 0 Å². The number of carbonyl (C=O) groups is 1. The minimum atomic E-state index is 0.173. The van der Waals surface area contributed by atoms with Crippen molar-refractivity contribution < 1.29 is 4.79 Å². The van der Waals surface area contributed by atoms with E-state index in [1.807, 2.05) is 0 Å². The minimum Gasteiger partial charge on any atom is -0.355 e. The van der Waals surface area contributed by atoms with E-state index in [1.54, 1.807) is 0 Å². The van der Waals surface area contributed by atoms with Crippen LogP contribution in [-0.2, 0) is 4.79 Å². The molecule has 0 aromatic heterocycles. The molecule has 1 amide bonds. The summed E-state index contributed by atoms with van der Waals surface area (Å²) in [5, 5.41) is 2.97. The van der Waals surface area contributed by atoms with E-state index in [2.05, 4.69) is 17.1 Å². The molecule has 1 rings (SSSR count). The average Bonchev–Trinajstić information content (AvgIpc) is 2.30. The third-order valence-electron chi connectivity index (χ3n) is 3.40. The van der Waals surface area contributed by atoms with Crippen LogP contribution in [0, 0.1) is 5.92 Å². The first-order chi connectivity index (χ1) is 8.26. The van der Waals surface area contributed by atoms with Crippen molar-refractivity contribution in [1.29, 1.82) is 0 Å². The van der Waals surface area contributed by atoms with Crippen molar-refractivity contribution in [2.45, 2.75) is 39.0 Å². The lowest BCUT2D eigenvalue weighted by Gasteiger charge is -2.32. The molecule has 0 radical (unpaired) electrons. The van der Waals surface area contributed by atoms with Gasteiger partial charge in [-0.15, -0.1) is 0 Å². The molecule has 1 aliphatic heterocycles. The monoisotopic (exact) mass is 241 g/mol. The largest absolute Gasteiger partial charge is 0.355 e. The molecule has 1 saturated heterocycles. The zero-order valence-corrected chi connectivity index (χ0v) is 11.1. The second-order valence-electron chi connectivity index (χ2n) is 5.02. The molecule has 1 aliphatic rings. The maximum atomic E-state index is 11.7. The van der Waals surface area contributed by atoms with Gasteiger partial charge in [0.15, 0.2) is 0 Å². The molecule has 4 heteroatoms. The van der Waals surface area contributed by atoms with Gasteiger partial charge in [-0.1, -0.05) is 13.3 Å². The van der Waals surface area contributed by atoms with Crippen LogP contribution in [0.15, 0.2) is 0 Å². The van der Waals surface area contributed by atoms with Gasteiger partial charge in [0.05, 0.1) is 6.54 Å². The molecule has 0 aromatic carbocycles. The predicted octanol–water partition coefficient (Wildman–Crippen LogP) is 0.964. The summed E-state index contributed by atoms with van der Waals surface area (Å²) >= 11 is 0. The Kier molecular flexibility index (Phi) is 7.21. The summed E-state index contributed by atoms with van der Waals surface area (Å²) in [6.07, 6.45) is 5.76. The highest BCUT2D eigenvalue weighted by atomic mass is 16.2. The van der Waals surface area contributed by atoms with Crippen LogP contribution in [0.1, 0.15) is 39.0 Å². The van der Waals surface area contributed by atoms with Gasteiger partial charge < -0.3 is 11.1 Å². The number of piperidine rings is 1. The van der Waals surface area contributed by atoms with E-state index in [-0.39, 0.29) is 5.91 Å². The van der Waals surface area contributed by atoms with E-state index >= 15 is 0 Å². The number of hydrogen-bond donors (Lipinski definition) is 2. The molecule has 0 saturated carbocycles. The molecule has 100 valence electrons. The van der Waals surface area contributed by atoms with Crippen LogP contribution in [0.3, 0.4) is 0 Å². The summed E-state index contributed by atoms with van der Waals surface area (Å²) in [7, 11) is 0. The number of nitrogens with zero attached hydrogens (tertiary/aromatic N) is 1. The third kappa shape index (κ3) is 6.03. The van der Waals surface area contributed by atoms with E-state index in [0.29, 0.717) is 12.5 Å². The van der Waals surface area contributed by atoms with Crippen molar-refractivity contribution in [3.8, 4) is 0 Å². The highest BCUT2D eigenvalue weighted by molar-refractivity contribution is 5.77. The van der Waals surface area contributed by atoms with E-state index in [4.69, 9.17) is 5.73 Å². The van der Waals surface area contributed by atoms with Crippen molar-refractivity contribution in [1.82, 2.24) is 10.2 Å². The second-order valence-corrected chi connectivity index (χ2v) is 5.02.